The minimum Gasteiger partial charge on any atom is -0.465 e. The van der Waals surface area contributed by atoms with E-state index in [1.807, 2.05) is 0 Å². The monoisotopic (exact) mass is 355 g/mol. The zero-order chi connectivity index (χ0) is 18.2. The second-order valence-electron chi connectivity index (χ2n) is 7.74. The maximum absolute atomic E-state index is 12.5. The summed E-state index contributed by atoms with van der Waals surface area (Å²) in [4.78, 5) is 28.6. The minimum absolute atomic E-state index is 0.133. The molecular formula is C17H29N3O5. The lowest BCUT2D eigenvalue weighted by molar-refractivity contribution is -0.144. The van der Waals surface area contributed by atoms with E-state index < -0.39 is 12.1 Å². The van der Waals surface area contributed by atoms with Crippen LogP contribution in [0, 0.1) is 5.41 Å². The van der Waals surface area contributed by atoms with Gasteiger partial charge in [-0.15, -0.1) is 0 Å². The molecule has 142 valence electrons. The van der Waals surface area contributed by atoms with Gasteiger partial charge in [-0.3, -0.25) is 9.69 Å². The first-order valence-electron chi connectivity index (χ1n) is 9.19. The van der Waals surface area contributed by atoms with Crippen LogP contribution in [0.25, 0.3) is 0 Å². The lowest BCUT2D eigenvalue weighted by atomic mass is 9.90. The second-order valence-corrected chi connectivity index (χ2v) is 7.74. The van der Waals surface area contributed by atoms with Crippen LogP contribution in [0.15, 0.2) is 0 Å². The molecule has 0 radical (unpaired) electrons. The SMILES string of the molecule is C[C@H]1C(=O)N([C@H](CO)CCN2CCC3(CC3)[C@H](O)C2)CCN1C(=O)O. The molecule has 8 nitrogen and oxygen atoms in total. The zero-order valence-corrected chi connectivity index (χ0v) is 14.8. The van der Waals surface area contributed by atoms with Gasteiger partial charge in [-0.1, -0.05) is 0 Å². The second kappa shape index (κ2) is 7.09. The molecule has 8 heteroatoms. The highest BCUT2D eigenvalue weighted by Gasteiger charge is 2.51. The van der Waals surface area contributed by atoms with Crippen LogP contribution < -0.4 is 0 Å². The quantitative estimate of drug-likeness (QED) is 0.631. The first-order valence-corrected chi connectivity index (χ1v) is 9.19. The lowest BCUT2D eigenvalue weighted by Crippen LogP contribution is -2.60. The number of nitrogens with zero attached hydrogens (tertiary/aromatic N) is 3. The molecule has 2 heterocycles. The topological polar surface area (TPSA) is 105 Å². The Labute approximate surface area is 148 Å². The Kier molecular flexibility index (Phi) is 5.22. The molecule has 3 atom stereocenters. The summed E-state index contributed by atoms with van der Waals surface area (Å²) >= 11 is 0. The molecule has 0 unspecified atom stereocenters. The fraction of sp³-hybridized carbons (Fsp3) is 0.882. The summed E-state index contributed by atoms with van der Waals surface area (Å²) in [6, 6.07) is -1.02. The van der Waals surface area contributed by atoms with Crippen LogP contribution in [0.3, 0.4) is 0 Å². The molecule has 2 amide bonds. The number of hydrogen-bond acceptors (Lipinski definition) is 5. The summed E-state index contributed by atoms with van der Waals surface area (Å²) in [5.74, 6) is -0.247. The Hall–Kier alpha value is -1.38. The highest BCUT2D eigenvalue weighted by atomic mass is 16.4. The summed E-state index contributed by atoms with van der Waals surface area (Å²) < 4.78 is 0. The van der Waals surface area contributed by atoms with Gasteiger partial charge in [0.05, 0.1) is 18.8 Å². The van der Waals surface area contributed by atoms with E-state index in [1.54, 1.807) is 11.8 Å². The van der Waals surface area contributed by atoms with E-state index in [0.717, 1.165) is 37.3 Å². The number of piperidine rings is 1. The molecule has 0 aromatic heterocycles. The van der Waals surface area contributed by atoms with Gasteiger partial charge in [0.2, 0.25) is 5.91 Å². The number of piperazine rings is 1. The molecule has 0 aromatic carbocycles. The van der Waals surface area contributed by atoms with Crippen LogP contribution in [0.1, 0.15) is 32.6 Å². The average Bonchev–Trinajstić information content (AvgIpc) is 3.36. The predicted octanol–water partition coefficient (Wildman–Crippen LogP) is -0.205. The molecule has 3 aliphatic rings. The zero-order valence-electron chi connectivity index (χ0n) is 14.8. The Balaban J connectivity index is 1.52. The molecule has 2 aliphatic heterocycles. The molecule has 1 saturated carbocycles. The number of β-amino-alcohol motifs (C(OH)–C–C–N with tert-alkyl or cyclic N) is 1. The number of carbonyl (C=O) groups is 2. The van der Waals surface area contributed by atoms with Crippen LogP contribution in [0.2, 0.25) is 0 Å². The molecule has 2 saturated heterocycles. The Bertz CT molecular complexity index is 524. The van der Waals surface area contributed by atoms with Gasteiger partial charge >= 0.3 is 6.09 Å². The Morgan fingerprint density at radius 1 is 1.28 bits per heavy atom. The van der Waals surface area contributed by atoms with Gasteiger partial charge in [0.15, 0.2) is 0 Å². The molecule has 3 N–H and O–H groups in total. The van der Waals surface area contributed by atoms with Crippen molar-refractivity contribution in [3.63, 3.8) is 0 Å². The van der Waals surface area contributed by atoms with E-state index in [2.05, 4.69) is 4.90 Å². The maximum atomic E-state index is 12.5. The number of aliphatic hydroxyl groups is 2. The number of hydrogen-bond donors (Lipinski definition) is 3. The first-order chi connectivity index (χ1) is 11.9. The summed E-state index contributed by atoms with van der Waals surface area (Å²) in [7, 11) is 0. The lowest BCUT2D eigenvalue weighted by Gasteiger charge is -2.42. The number of aliphatic hydroxyl groups excluding tert-OH is 2. The van der Waals surface area contributed by atoms with Gasteiger partial charge in [0, 0.05) is 26.2 Å². The van der Waals surface area contributed by atoms with Crippen molar-refractivity contribution >= 4 is 12.0 Å². The van der Waals surface area contributed by atoms with Crippen molar-refractivity contribution in [3.8, 4) is 0 Å². The third kappa shape index (κ3) is 3.61. The maximum Gasteiger partial charge on any atom is 0.408 e. The van der Waals surface area contributed by atoms with Crippen molar-refractivity contribution in [2.75, 3.05) is 39.3 Å². The van der Waals surface area contributed by atoms with Gasteiger partial charge < -0.3 is 25.1 Å². The summed E-state index contributed by atoms with van der Waals surface area (Å²) in [6.45, 7) is 4.37. The van der Waals surface area contributed by atoms with Gasteiger partial charge in [-0.2, -0.15) is 0 Å². The fourth-order valence-corrected chi connectivity index (χ4v) is 4.22. The van der Waals surface area contributed by atoms with Gasteiger partial charge in [0.25, 0.3) is 0 Å². The van der Waals surface area contributed by atoms with Crippen molar-refractivity contribution in [2.24, 2.45) is 5.41 Å². The summed E-state index contributed by atoms with van der Waals surface area (Å²) in [5.41, 5.74) is 0.172. The van der Waals surface area contributed by atoms with Crippen molar-refractivity contribution in [1.29, 1.82) is 0 Å². The van der Waals surface area contributed by atoms with Crippen LogP contribution in [0.4, 0.5) is 4.79 Å². The van der Waals surface area contributed by atoms with Gasteiger partial charge in [-0.05, 0) is 44.6 Å². The van der Waals surface area contributed by atoms with Crippen molar-refractivity contribution in [2.45, 2.75) is 50.8 Å². The number of rotatable bonds is 5. The van der Waals surface area contributed by atoms with E-state index in [9.17, 15) is 19.8 Å². The third-order valence-electron chi connectivity index (χ3n) is 6.32. The summed E-state index contributed by atoms with van der Waals surface area (Å²) in [5, 5.41) is 29.2. The molecular weight excluding hydrogens is 326 g/mol. The Morgan fingerprint density at radius 2 is 2.00 bits per heavy atom. The molecule has 1 spiro atoms. The minimum atomic E-state index is -1.09. The highest BCUT2D eigenvalue weighted by molar-refractivity contribution is 5.86. The predicted molar refractivity (Wildman–Crippen MR) is 90.1 cm³/mol. The first kappa shape index (κ1) is 18.4. The smallest absolute Gasteiger partial charge is 0.408 e. The van der Waals surface area contributed by atoms with Crippen LogP contribution in [0.5, 0.6) is 0 Å². The van der Waals surface area contributed by atoms with E-state index in [1.165, 1.54) is 0 Å². The van der Waals surface area contributed by atoms with Crippen LogP contribution >= 0.6 is 0 Å². The molecule has 3 rings (SSSR count). The van der Waals surface area contributed by atoms with E-state index in [-0.39, 0.29) is 36.6 Å². The molecule has 1 aliphatic carbocycles. The van der Waals surface area contributed by atoms with Crippen molar-refractivity contribution in [1.82, 2.24) is 14.7 Å². The number of likely N-dealkylation sites (tertiary alicyclic amines) is 1. The standard InChI is InChI=1S/C17H29N3O5/c1-12-15(23)20(9-8-19(12)16(24)25)13(11-21)2-6-18-7-5-17(3-4-17)14(22)10-18/h12-14,21-22H,2-11H2,1H3,(H,24,25)/t12-,13-,14+/m0/s1. The molecule has 0 aromatic rings. The Morgan fingerprint density at radius 3 is 2.56 bits per heavy atom. The van der Waals surface area contributed by atoms with E-state index in [0.29, 0.717) is 19.5 Å². The summed E-state index contributed by atoms with van der Waals surface area (Å²) in [6.07, 6.45) is 2.54. The largest absolute Gasteiger partial charge is 0.465 e. The van der Waals surface area contributed by atoms with Crippen LogP contribution in [-0.4, -0.2) is 99.5 Å². The van der Waals surface area contributed by atoms with Crippen molar-refractivity contribution in [3.05, 3.63) is 0 Å². The van der Waals surface area contributed by atoms with Crippen LogP contribution in [-0.2, 0) is 4.79 Å². The van der Waals surface area contributed by atoms with Gasteiger partial charge in [0.1, 0.15) is 6.04 Å². The average molecular weight is 355 g/mol. The number of amides is 2. The van der Waals surface area contributed by atoms with E-state index in [4.69, 9.17) is 5.11 Å². The normalized spacial score (nSPS) is 30.6. The van der Waals surface area contributed by atoms with Crippen molar-refractivity contribution < 1.29 is 24.9 Å². The molecule has 25 heavy (non-hydrogen) atoms. The number of carboxylic acid groups (broad SMARTS) is 1. The molecule has 3 fully saturated rings. The fourth-order valence-electron chi connectivity index (χ4n) is 4.22. The molecule has 0 bridgehead atoms. The highest BCUT2D eigenvalue weighted by Crippen LogP contribution is 2.53. The third-order valence-corrected chi connectivity index (χ3v) is 6.32. The number of carbonyl (C=O) groups excluding carboxylic acids is 1. The van der Waals surface area contributed by atoms with E-state index >= 15 is 0 Å². The van der Waals surface area contributed by atoms with Gasteiger partial charge in [-0.25, -0.2) is 4.79 Å².